The lowest BCUT2D eigenvalue weighted by Crippen LogP contribution is -2.48. The fourth-order valence-corrected chi connectivity index (χ4v) is 3.31. The molecule has 2 heterocycles. The van der Waals surface area contributed by atoms with E-state index in [0.29, 0.717) is 16.6 Å². The molecule has 2 N–H and O–H groups in total. The predicted molar refractivity (Wildman–Crippen MR) is 77.7 cm³/mol. The molecule has 100 valence electrons. The summed E-state index contributed by atoms with van der Waals surface area (Å²) in [7, 11) is 0. The van der Waals surface area contributed by atoms with Crippen LogP contribution in [0.15, 0.2) is 6.07 Å². The van der Waals surface area contributed by atoms with Gasteiger partial charge in [-0.25, -0.2) is 0 Å². The van der Waals surface area contributed by atoms with E-state index < -0.39 is 0 Å². The highest BCUT2D eigenvalue weighted by atomic mass is 32.1. The summed E-state index contributed by atoms with van der Waals surface area (Å²) in [5.41, 5.74) is 6.50. The van der Waals surface area contributed by atoms with Gasteiger partial charge in [-0.05, 0) is 19.9 Å². The molecule has 1 aliphatic rings. The molecular weight excluding hydrogens is 246 g/mol. The first-order valence-electron chi connectivity index (χ1n) is 6.38. The third-order valence-corrected chi connectivity index (χ3v) is 4.74. The van der Waals surface area contributed by atoms with Crippen molar-refractivity contribution in [3.05, 3.63) is 10.9 Å². The van der Waals surface area contributed by atoms with Crippen molar-refractivity contribution in [1.29, 1.82) is 0 Å². The maximum atomic E-state index is 11.4. The third-order valence-electron chi connectivity index (χ3n) is 3.42. The molecule has 2 rings (SSSR count). The Morgan fingerprint density at radius 3 is 2.39 bits per heavy atom. The number of carbonyl (C=O) groups is 1. The van der Waals surface area contributed by atoms with E-state index in [1.54, 1.807) is 6.92 Å². The van der Waals surface area contributed by atoms with Gasteiger partial charge in [0.2, 0.25) is 0 Å². The van der Waals surface area contributed by atoms with Gasteiger partial charge < -0.3 is 10.6 Å². The summed E-state index contributed by atoms with van der Waals surface area (Å²) < 4.78 is 0. The van der Waals surface area contributed by atoms with Crippen molar-refractivity contribution in [3.63, 3.8) is 0 Å². The quantitative estimate of drug-likeness (QED) is 0.852. The topological polar surface area (TPSA) is 49.6 Å². The number of anilines is 2. The first kappa shape index (κ1) is 13.4. The van der Waals surface area contributed by atoms with Gasteiger partial charge in [-0.3, -0.25) is 9.69 Å². The molecule has 18 heavy (non-hydrogen) atoms. The molecule has 0 bridgehead atoms. The number of hydrogen-bond donors (Lipinski definition) is 1. The Hall–Kier alpha value is -1.07. The molecule has 1 aromatic rings. The zero-order valence-electron chi connectivity index (χ0n) is 11.3. The number of ketones is 1. The Labute approximate surface area is 112 Å². The van der Waals surface area contributed by atoms with Crippen LogP contribution in [0.1, 0.15) is 30.4 Å². The number of nitrogens with zero attached hydrogens (tertiary/aromatic N) is 2. The van der Waals surface area contributed by atoms with Gasteiger partial charge in [0.25, 0.3) is 0 Å². The molecule has 1 aliphatic heterocycles. The zero-order chi connectivity index (χ0) is 13.3. The van der Waals surface area contributed by atoms with Gasteiger partial charge in [-0.1, -0.05) is 0 Å². The van der Waals surface area contributed by atoms with Crippen LogP contribution < -0.4 is 10.6 Å². The first-order chi connectivity index (χ1) is 8.49. The first-order valence-corrected chi connectivity index (χ1v) is 7.20. The Bertz CT molecular complexity index is 433. The second-order valence-electron chi connectivity index (χ2n) is 5.04. The number of rotatable bonds is 3. The highest BCUT2D eigenvalue weighted by Gasteiger charge is 2.21. The average molecular weight is 267 g/mol. The number of thiophene rings is 1. The summed E-state index contributed by atoms with van der Waals surface area (Å²) in [5, 5.41) is 1.13. The SMILES string of the molecule is CC(=O)c1sc(N2CCN(C(C)C)CC2)cc1N. The molecule has 1 fully saturated rings. The Morgan fingerprint density at radius 2 is 1.94 bits per heavy atom. The van der Waals surface area contributed by atoms with E-state index in [1.807, 2.05) is 6.07 Å². The highest BCUT2D eigenvalue weighted by molar-refractivity contribution is 7.18. The predicted octanol–water partition coefficient (Wildman–Crippen LogP) is 2.06. The number of Topliss-reactive ketones (excluding diaryl/α,β-unsaturated/α-hetero) is 1. The van der Waals surface area contributed by atoms with E-state index in [9.17, 15) is 4.79 Å². The molecule has 0 aliphatic carbocycles. The minimum atomic E-state index is 0.0598. The number of piperazine rings is 1. The molecule has 0 aromatic carbocycles. The van der Waals surface area contributed by atoms with Gasteiger partial charge in [-0.15, -0.1) is 11.3 Å². The van der Waals surface area contributed by atoms with Crippen LogP contribution in [-0.4, -0.2) is 42.9 Å². The van der Waals surface area contributed by atoms with Gasteiger partial charge in [0.05, 0.1) is 15.6 Å². The molecule has 5 heteroatoms. The van der Waals surface area contributed by atoms with E-state index >= 15 is 0 Å². The van der Waals surface area contributed by atoms with Crippen molar-refractivity contribution in [2.75, 3.05) is 36.8 Å². The summed E-state index contributed by atoms with van der Waals surface area (Å²) in [4.78, 5) is 16.9. The van der Waals surface area contributed by atoms with E-state index in [2.05, 4.69) is 23.6 Å². The van der Waals surface area contributed by atoms with Crippen molar-refractivity contribution >= 4 is 27.8 Å². The zero-order valence-corrected chi connectivity index (χ0v) is 12.1. The summed E-state index contributed by atoms with van der Waals surface area (Å²) in [6.45, 7) is 10.2. The van der Waals surface area contributed by atoms with Crippen LogP contribution in [0.5, 0.6) is 0 Å². The summed E-state index contributed by atoms with van der Waals surface area (Å²) in [6, 6.07) is 2.54. The van der Waals surface area contributed by atoms with Crippen molar-refractivity contribution in [2.45, 2.75) is 26.8 Å². The second kappa shape index (κ2) is 5.28. The lowest BCUT2D eigenvalue weighted by atomic mass is 10.2. The van der Waals surface area contributed by atoms with Gasteiger partial charge in [-0.2, -0.15) is 0 Å². The molecule has 0 atom stereocenters. The van der Waals surface area contributed by atoms with Crippen molar-refractivity contribution in [1.82, 2.24) is 4.90 Å². The molecule has 0 unspecified atom stereocenters. The number of nitrogens with two attached hydrogens (primary N) is 1. The summed E-state index contributed by atoms with van der Waals surface area (Å²) in [6.07, 6.45) is 0. The molecule has 0 radical (unpaired) electrons. The van der Waals surface area contributed by atoms with Crippen LogP contribution in [0.25, 0.3) is 0 Å². The summed E-state index contributed by atoms with van der Waals surface area (Å²) in [5.74, 6) is 0.0598. The van der Waals surface area contributed by atoms with Crippen LogP contribution in [0.3, 0.4) is 0 Å². The smallest absolute Gasteiger partial charge is 0.171 e. The molecular formula is C13H21N3OS. The number of hydrogen-bond acceptors (Lipinski definition) is 5. The minimum Gasteiger partial charge on any atom is -0.397 e. The van der Waals surface area contributed by atoms with Gasteiger partial charge in [0.1, 0.15) is 0 Å². The van der Waals surface area contributed by atoms with Crippen LogP contribution in [-0.2, 0) is 0 Å². The van der Waals surface area contributed by atoms with E-state index in [1.165, 1.54) is 11.3 Å². The minimum absolute atomic E-state index is 0.0598. The standard InChI is InChI=1S/C13H21N3OS/c1-9(2)15-4-6-16(7-5-15)12-8-11(14)13(18-12)10(3)17/h8-9H,4-7,14H2,1-3H3. The molecule has 0 spiro atoms. The van der Waals surface area contributed by atoms with Crippen molar-refractivity contribution < 1.29 is 4.79 Å². The fraction of sp³-hybridized carbons (Fsp3) is 0.615. The number of nitrogen functional groups attached to an aromatic ring is 1. The van der Waals surface area contributed by atoms with Gasteiger partial charge in [0, 0.05) is 39.1 Å². The van der Waals surface area contributed by atoms with Crippen LogP contribution >= 0.6 is 11.3 Å². The number of carbonyl (C=O) groups excluding carboxylic acids is 1. The van der Waals surface area contributed by atoms with Crippen molar-refractivity contribution in [2.24, 2.45) is 0 Å². The van der Waals surface area contributed by atoms with Crippen molar-refractivity contribution in [3.8, 4) is 0 Å². The maximum Gasteiger partial charge on any atom is 0.171 e. The van der Waals surface area contributed by atoms with Crippen LogP contribution in [0, 0.1) is 0 Å². The largest absolute Gasteiger partial charge is 0.397 e. The van der Waals surface area contributed by atoms with E-state index in [0.717, 1.165) is 31.2 Å². The third kappa shape index (κ3) is 2.67. The maximum absolute atomic E-state index is 11.4. The Kier molecular flexibility index (Phi) is 3.92. The van der Waals surface area contributed by atoms with Crippen LogP contribution in [0.2, 0.25) is 0 Å². The van der Waals surface area contributed by atoms with Gasteiger partial charge in [0.15, 0.2) is 5.78 Å². The lowest BCUT2D eigenvalue weighted by molar-refractivity contribution is 0.102. The molecule has 0 amide bonds. The monoisotopic (exact) mass is 267 g/mol. The van der Waals surface area contributed by atoms with Crippen LogP contribution in [0.4, 0.5) is 10.7 Å². The van der Waals surface area contributed by atoms with E-state index in [4.69, 9.17) is 5.73 Å². The average Bonchev–Trinajstić information content (AvgIpc) is 2.71. The second-order valence-corrected chi connectivity index (χ2v) is 6.07. The molecule has 1 aromatic heterocycles. The fourth-order valence-electron chi connectivity index (χ4n) is 2.28. The Balaban J connectivity index is 2.06. The normalized spacial score (nSPS) is 17.4. The molecule has 0 saturated carbocycles. The molecule has 1 saturated heterocycles. The Morgan fingerprint density at radius 1 is 1.33 bits per heavy atom. The van der Waals surface area contributed by atoms with Gasteiger partial charge >= 0.3 is 0 Å². The lowest BCUT2D eigenvalue weighted by Gasteiger charge is -2.37. The van der Waals surface area contributed by atoms with E-state index in [-0.39, 0.29) is 5.78 Å². The highest BCUT2D eigenvalue weighted by Crippen LogP contribution is 2.33. The summed E-state index contributed by atoms with van der Waals surface area (Å²) >= 11 is 1.52. The molecule has 4 nitrogen and oxygen atoms in total.